The van der Waals surface area contributed by atoms with Gasteiger partial charge in [-0.2, -0.15) is 5.10 Å². The number of aromatic nitrogens is 2. The Balaban J connectivity index is 2.49. The third-order valence-corrected chi connectivity index (χ3v) is 2.84. The Hall–Kier alpha value is -2.48. The van der Waals surface area contributed by atoms with Gasteiger partial charge in [0.25, 0.3) is 5.69 Å². The summed E-state index contributed by atoms with van der Waals surface area (Å²) in [4.78, 5) is 21.8. The molecule has 7 nitrogen and oxygen atoms in total. The molecule has 9 heteroatoms. The molecule has 0 amide bonds. The zero-order valence-corrected chi connectivity index (χ0v) is 11.5. The van der Waals surface area contributed by atoms with Gasteiger partial charge >= 0.3 is 5.97 Å². The highest BCUT2D eigenvalue weighted by molar-refractivity contribution is 6.31. The highest BCUT2D eigenvalue weighted by Crippen LogP contribution is 2.28. The summed E-state index contributed by atoms with van der Waals surface area (Å²) in [5, 5.41) is 14.4. The summed E-state index contributed by atoms with van der Waals surface area (Å²) >= 11 is 5.53. The second-order valence-electron chi connectivity index (χ2n) is 3.91. The summed E-state index contributed by atoms with van der Waals surface area (Å²) in [6, 6.07) is 1.76. The number of carbonyl (C=O) groups is 1. The van der Waals surface area contributed by atoms with Gasteiger partial charge in [0.2, 0.25) is 0 Å². The van der Waals surface area contributed by atoms with Gasteiger partial charge in [0, 0.05) is 18.3 Å². The number of nitro groups is 1. The van der Waals surface area contributed by atoms with Gasteiger partial charge in [0.05, 0.1) is 28.3 Å². The summed E-state index contributed by atoms with van der Waals surface area (Å²) in [5.74, 6) is -1.45. The van der Waals surface area contributed by atoms with Crippen LogP contribution >= 0.6 is 11.6 Å². The molecule has 0 spiro atoms. The van der Waals surface area contributed by atoms with Gasteiger partial charge < -0.3 is 4.74 Å². The SMILES string of the molecule is CCOC(=O)c1cnn(-c2cc(F)c(Cl)cc2[N+](=O)[O-])c1. The maximum Gasteiger partial charge on any atom is 0.341 e. The summed E-state index contributed by atoms with van der Waals surface area (Å²) in [5.41, 5.74) is -0.473. The number of carbonyl (C=O) groups excluding carboxylic acids is 1. The predicted molar refractivity (Wildman–Crippen MR) is 71.1 cm³/mol. The van der Waals surface area contributed by atoms with E-state index in [1.54, 1.807) is 6.92 Å². The Morgan fingerprint density at radius 1 is 1.57 bits per heavy atom. The van der Waals surface area contributed by atoms with E-state index in [4.69, 9.17) is 16.3 Å². The van der Waals surface area contributed by atoms with Crippen molar-refractivity contribution in [3.8, 4) is 5.69 Å². The lowest BCUT2D eigenvalue weighted by Gasteiger charge is -2.04. The van der Waals surface area contributed by atoms with Crippen LogP contribution in [0.2, 0.25) is 5.02 Å². The molecule has 2 rings (SSSR count). The van der Waals surface area contributed by atoms with Crippen LogP contribution in [0.15, 0.2) is 24.5 Å². The van der Waals surface area contributed by atoms with Gasteiger partial charge in [-0.3, -0.25) is 10.1 Å². The fraction of sp³-hybridized carbons (Fsp3) is 0.167. The highest BCUT2D eigenvalue weighted by atomic mass is 35.5. The lowest BCUT2D eigenvalue weighted by atomic mass is 10.2. The molecule has 2 aromatic rings. The van der Waals surface area contributed by atoms with Crippen molar-refractivity contribution in [1.82, 2.24) is 9.78 Å². The quantitative estimate of drug-likeness (QED) is 0.492. The second kappa shape index (κ2) is 5.88. The lowest BCUT2D eigenvalue weighted by molar-refractivity contribution is -0.384. The molecule has 1 heterocycles. The Morgan fingerprint density at radius 2 is 2.29 bits per heavy atom. The number of nitro benzene ring substituents is 1. The molecule has 21 heavy (non-hydrogen) atoms. The van der Waals surface area contributed by atoms with E-state index in [1.807, 2.05) is 0 Å². The molecule has 0 radical (unpaired) electrons. The number of rotatable bonds is 4. The first kappa shape index (κ1) is 14.9. The van der Waals surface area contributed by atoms with Crippen LogP contribution in [0.4, 0.5) is 10.1 Å². The van der Waals surface area contributed by atoms with Gasteiger partial charge in [-0.25, -0.2) is 13.9 Å². The van der Waals surface area contributed by atoms with Crippen molar-refractivity contribution in [2.75, 3.05) is 6.61 Å². The standard InChI is InChI=1S/C12H9ClFN3O4/c1-2-21-12(18)7-5-15-16(6-7)10-4-9(14)8(13)3-11(10)17(19)20/h3-6H,2H2,1H3. The van der Waals surface area contributed by atoms with Crippen molar-refractivity contribution in [1.29, 1.82) is 0 Å². The third kappa shape index (κ3) is 3.00. The molecule has 0 saturated carbocycles. The molecule has 0 unspecified atom stereocenters. The van der Waals surface area contributed by atoms with Crippen LogP contribution in [0.1, 0.15) is 17.3 Å². The van der Waals surface area contributed by atoms with Crippen LogP contribution in [-0.4, -0.2) is 27.3 Å². The molecule has 110 valence electrons. The molecule has 1 aromatic carbocycles. The van der Waals surface area contributed by atoms with Crippen LogP contribution in [0.5, 0.6) is 0 Å². The van der Waals surface area contributed by atoms with Gasteiger partial charge in [-0.05, 0) is 6.92 Å². The Morgan fingerprint density at radius 3 is 2.90 bits per heavy atom. The number of hydrogen-bond acceptors (Lipinski definition) is 5. The molecule has 0 aliphatic heterocycles. The molecule has 0 N–H and O–H groups in total. The molecule has 0 saturated heterocycles. The fourth-order valence-electron chi connectivity index (χ4n) is 1.63. The summed E-state index contributed by atoms with van der Waals surface area (Å²) < 4.78 is 19.3. The normalized spacial score (nSPS) is 10.4. The first-order valence-corrected chi connectivity index (χ1v) is 6.17. The van der Waals surface area contributed by atoms with E-state index in [9.17, 15) is 19.3 Å². The molecular formula is C12H9ClFN3O4. The molecule has 0 fully saturated rings. The number of nitrogens with zero attached hydrogens (tertiary/aromatic N) is 3. The van der Waals surface area contributed by atoms with E-state index < -0.39 is 22.4 Å². The minimum atomic E-state index is -0.828. The molecule has 0 bridgehead atoms. The Kier molecular flexibility index (Phi) is 4.18. The van der Waals surface area contributed by atoms with Crippen molar-refractivity contribution in [2.24, 2.45) is 0 Å². The molecule has 1 aromatic heterocycles. The van der Waals surface area contributed by atoms with Crippen LogP contribution < -0.4 is 0 Å². The van der Waals surface area contributed by atoms with Crippen LogP contribution in [-0.2, 0) is 4.74 Å². The van der Waals surface area contributed by atoms with Crippen LogP contribution in [0, 0.1) is 15.9 Å². The first-order valence-electron chi connectivity index (χ1n) is 5.79. The highest BCUT2D eigenvalue weighted by Gasteiger charge is 2.21. The summed E-state index contributed by atoms with van der Waals surface area (Å²) in [6.07, 6.45) is 2.39. The monoisotopic (exact) mass is 313 g/mol. The zero-order chi connectivity index (χ0) is 15.6. The number of ether oxygens (including phenoxy) is 1. The molecule has 0 aliphatic rings. The number of benzene rings is 1. The van der Waals surface area contributed by atoms with E-state index in [0.29, 0.717) is 0 Å². The maximum atomic E-state index is 13.5. The molecule has 0 atom stereocenters. The summed E-state index contributed by atoms with van der Waals surface area (Å²) in [6.45, 7) is 1.82. The minimum absolute atomic E-state index is 0.0986. The Bertz CT molecular complexity index is 717. The van der Waals surface area contributed by atoms with E-state index in [1.165, 1.54) is 12.4 Å². The second-order valence-corrected chi connectivity index (χ2v) is 4.31. The van der Waals surface area contributed by atoms with Crippen LogP contribution in [0.3, 0.4) is 0 Å². The lowest BCUT2D eigenvalue weighted by Crippen LogP contribution is -2.04. The van der Waals surface area contributed by atoms with Crippen molar-refractivity contribution < 1.29 is 18.8 Å². The average Bonchev–Trinajstić information content (AvgIpc) is 2.91. The van der Waals surface area contributed by atoms with Gasteiger partial charge in [-0.1, -0.05) is 11.6 Å². The molecular weight excluding hydrogens is 305 g/mol. The molecule has 0 aliphatic carbocycles. The smallest absolute Gasteiger partial charge is 0.341 e. The first-order chi connectivity index (χ1) is 9.93. The van der Waals surface area contributed by atoms with E-state index in [0.717, 1.165) is 16.8 Å². The van der Waals surface area contributed by atoms with Gasteiger partial charge in [0.1, 0.15) is 11.5 Å². The largest absolute Gasteiger partial charge is 0.462 e. The zero-order valence-electron chi connectivity index (χ0n) is 10.7. The van der Waals surface area contributed by atoms with Crippen molar-refractivity contribution >= 4 is 23.3 Å². The van der Waals surface area contributed by atoms with E-state index >= 15 is 0 Å². The van der Waals surface area contributed by atoms with E-state index in [-0.39, 0.29) is 22.9 Å². The third-order valence-electron chi connectivity index (χ3n) is 2.55. The average molecular weight is 314 g/mol. The topological polar surface area (TPSA) is 87.3 Å². The van der Waals surface area contributed by atoms with Gasteiger partial charge in [0.15, 0.2) is 0 Å². The fourth-order valence-corrected chi connectivity index (χ4v) is 1.79. The minimum Gasteiger partial charge on any atom is -0.462 e. The number of esters is 1. The predicted octanol–water partition coefficient (Wildman–Crippen LogP) is 2.75. The number of halogens is 2. The van der Waals surface area contributed by atoms with Crippen molar-refractivity contribution in [3.05, 3.63) is 51.0 Å². The number of hydrogen-bond donors (Lipinski definition) is 0. The van der Waals surface area contributed by atoms with Crippen molar-refractivity contribution in [2.45, 2.75) is 6.92 Å². The van der Waals surface area contributed by atoms with E-state index in [2.05, 4.69) is 5.10 Å². The van der Waals surface area contributed by atoms with Gasteiger partial charge in [-0.15, -0.1) is 0 Å². The maximum absolute atomic E-state index is 13.5. The summed E-state index contributed by atoms with van der Waals surface area (Å²) in [7, 11) is 0. The van der Waals surface area contributed by atoms with Crippen molar-refractivity contribution in [3.63, 3.8) is 0 Å². The Labute approximate surface area is 123 Å². The van der Waals surface area contributed by atoms with Crippen LogP contribution in [0.25, 0.3) is 5.69 Å².